The van der Waals surface area contributed by atoms with Gasteiger partial charge in [0.25, 0.3) is 0 Å². The van der Waals surface area contributed by atoms with Crippen LogP contribution >= 0.6 is 0 Å². The van der Waals surface area contributed by atoms with Gasteiger partial charge in [-0.05, 0) is 103 Å². The Morgan fingerprint density at radius 2 is 1.00 bits per heavy atom. The van der Waals surface area contributed by atoms with Gasteiger partial charge in [0.15, 0.2) is 5.58 Å². The van der Waals surface area contributed by atoms with Gasteiger partial charge in [-0.15, -0.1) is 0 Å². The van der Waals surface area contributed by atoms with Gasteiger partial charge >= 0.3 is 0 Å². The average Bonchev–Trinajstić information content (AvgIpc) is 3.63. The van der Waals surface area contributed by atoms with E-state index >= 15 is 0 Å². The minimum absolute atomic E-state index is 0.629. The van der Waals surface area contributed by atoms with Crippen molar-refractivity contribution in [1.82, 2.24) is 4.98 Å². The van der Waals surface area contributed by atoms with Crippen molar-refractivity contribution in [1.29, 1.82) is 0 Å². The molecule has 1 heterocycles. The van der Waals surface area contributed by atoms with Gasteiger partial charge in [0.05, 0.1) is 0 Å². The lowest BCUT2D eigenvalue weighted by atomic mass is 9.96. The Hall–Kier alpha value is -6.71. The third kappa shape index (κ3) is 4.71. The Morgan fingerprint density at radius 1 is 0.380 bits per heavy atom. The van der Waals surface area contributed by atoms with Crippen molar-refractivity contribution < 1.29 is 4.42 Å². The van der Waals surface area contributed by atoms with Crippen molar-refractivity contribution in [3.63, 3.8) is 0 Å². The lowest BCUT2D eigenvalue weighted by Crippen LogP contribution is -2.10. The lowest BCUT2D eigenvalue weighted by molar-refractivity contribution is 0.621. The van der Waals surface area contributed by atoms with E-state index in [1.807, 2.05) is 42.5 Å². The topological polar surface area (TPSA) is 29.3 Å². The number of hydrogen-bond acceptors (Lipinski definition) is 3. The summed E-state index contributed by atoms with van der Waals surface area (Å²) in [7, 11) is 0. The average molecular weight is 639 g/mol. The highest BCUT2D eigenvalue weighted by atomic mass is 16.3. The largest absolute Gasteiger partial charge is 0.435 e. The summed E-state index contributed by atoms with van der Waals surface area (Å²) in [6, 6.07) is 64.7. The van der Waals surface area contributed by atoms with Crippen molar-refractivity contribution in [3.8, 4) is 22.6 Å². The fourth-order valence-electron chi connectivity index (χ4n) is 7.38. The highest BCUT2D eigenvalue weighted by Crippen LogP contribution is 2.41. The summed E-state index contributed by atoms with van der Waals surface area (Å²) in [5.74, 6) is 0.629. The molecule has 0 N–H and O–H groups in total. The monoisotopic (exact) mass is 638 g/mol. The highest BCUT2D eigenvalue weighted by Gasteiger charge is 2.17. The van der Waals surface area contributed by atoms with E-state index in [0.29, 0.717) is 5.89 Å². The molecule has 0 aliphatic carbocycles. The summed E-state index contributed by atoms with van der Waals surface area (Å²) >= 11 is 0. The second-order valence-corrected chi connectivity index (χ2v) is 12.8. The first kappa shape index (κ1) is 28.3. The number of rotatable bonds is 5. The summed E-state index contributed by atoms with van der Waals surface area (Å²) in [6.45, 7) is 0. The fraction of sp³-hybridized carbons (Fsp3) is 0. The normalized spacial score (nSPS) is 11.6. The summed E-state index contributed by atoms with van der Waals surface area (Å²) in [4.78, 5) is 7.17. The third-order valence-corrected chi connectivity index (χ3v) is 9.85. The quantitative estimate of drug-likeness (QED) is 0.176. The van der Waals surface area contributed by atoms with Crippen LogP contribution in [-0.4, -0.2) is 4.98 Å². The van der Waals surface area contributed by atoms with Crippen LogP contribution in [0.25, 0.3) is 76.8 Å². The molecule has 0 unspecified atom stereocenters. The smallest absolute Gasteiger partial charge is 0.227 e. The molecule has 3 heteroatoms. The summed E-state index contributed by atoms with van der Waals surface area (Å²) < 4.78 is 6.38. The molecule has 3 nitrogen and oxygen atoms in total. The molecule has 10 aromatic rings. The summed E-state index contributed by atoms with van der Waals surface area (Å²) in [5.41, 5.74) is 7.97. The van der Waals surface area contributed by atoms with E-state index in [9.17, 15) is 0 Å². The molecule has 0 saturated carbocycles. The molecule has 9 aromatic carbocycles. The maximum Gasteiger partial charge on any atom is 0.227 e. The standard InChI is InChI=1S/C47H30N2O/c1-2-11-35(12-3-1)47-48-45-16-8-15-41(46(45)50-47)33-18-23-37(24-19-33)49(38-25-17-31-9-4-5-13-36(31)29-38)39-26-20-34-22-27-42-40-14-7-6-10-32(40)21-28-43(42)44(34)30-39/h1-30H. The molecular formula is C47H30N2O. The number of fused-ring (bicyclic) bond motifs is 7. The zero-order chi connectivity index (χ0) is 33.0. The molecule has 10 rings (SSSR count). The molecule has 0 atom stereocenters. The molecular weight excluding hydrogens is 609 g/mol. The van der Waals surface area contributed by atoms with Crippen molar-refractivity contribution in [2.45, 2.75) is 0 Å². The zero-order valence-electron chi connectivity index (χ0n) is 27.1. The minimum Gasteiger partial charge on any atom is -0.435 e. The molecule has 0 spiro atoms. The lowest BCUT2D eigenvalue weighted by Gasteiger charge is -2.26. The Balaban J connectivity index is 1.12. The molecule has 0 fully saturated rings. The number of para-hydroxylation sites is 1. The zero-order valence-corrected chi connectivity index (χ0v) is 27.1. The maximum absolute atomic E-state index is 6.38. The second kappa shape index (κ2) is 11.5. The van der Waals surface area contributed by atoms with Crippen LogP contribution in [0.3, 0.4) is 0 Å². The fourth-order valence-corrected chi connectivity index (χ4v) is 7.38. The van der Waals surface area contributed by atoms with E-state index in [0.717, 1.165) is 44.9 Å². The molecule has 0 bridgehead atoms. The van der Waals surface area contributed by atoms with Crippen LogP contribution < -0.4 is 4.90 Å². The number of aromatic nitrogens is 1. The Labute approximate surface area is 289 Å². The Kier molecular flexibility index (Phi) is 6.49. The molecule has 0 saturated heterocycles. The van der Waals surface area contributed by atoms with Gasteiger partial charge in [0.2, 0.25) is 5.89 Å². The molecule has 0 radical (unpaired) electrons. The van der Waals surface area contributed by atoms with Gasteiger partial charge < -0.3 is 9.32 Å². The van der Waals surface area contributed by atoms with Crippen LogP contribution in [0.2, 0.25) is 0 Å². The molecule has 0 aliphatic heterocycles. The van der Waals surface area contributed by atoms with Crippen molar-refractivity contribution in [2.75, 3.05) is 4.90 Å². The van der Waals surface area contributed by atoms with Gasteiger partial charge in [-0.1, -0.05) is 127 Å². The van der Waals surface area contributed by atoms with Gasteiger partial charge in [0.1, 0.15) is 5.52 Å². The van der Waals surface area contributed by atoms with E-state index in [1.54, 1.807) is 0 Å². The van der Waals surface area contributed by atoms with Crippen molar-refractivity contribution >= 4 is 71.3 Å². The van der Waals surface area contributed by atoms with Crippen LogP contribution in [0, 0.1) is 0 Å². The van der Waals surface area contributed by atoms with E-state index in [-0.39, 0.29) is 0 Å². The van der Waals surface area contributed by atoms with Crippen molar-refractivity contribution in [3.05, 3.63) is 182 Å². The number of hydrogen-bond donors (Lipinski definition) is 0. The maximum atomic E-state index is 6.38. The number of nitrogens with zero attached hydrogens (tertiary/aromatic N) is 2. The minimum atomic E-state index is 0.629. The molecule has 0 amide bonds. The van der Waals surface area contributed by atoms with Crippen molar-refractivity contribution in [2.24, 2.45) is 0 Å². The van der Waals surface area contributed by atoms with E-state index in [1.165, 1.54) is 43.1 Å². The van der Waals surface area contributed by atoms with Crippen LogP contribution in [-0.2, 0) is 0 Å². The Morgan fingerprint density at radius 3 is 1.82 bits per heavy atom. The van der Waals surface area contributed by atoms with E-state index in [4.69, 9.17) is 9.40 Å². The van der Waals surface area contributed by atoms with E-state index in [2.05, 4.69) is 144 Å². The first-order valence-electron chi connectivity index (χ1n) is 17.0. The second-order valence-electron chi connectivity index (χ2n) is 12.8. The predicted octanol–water partition coefficient (Wildman–Crippen LogP) is 13.2. The molecule has 1 aromatic heterocycles. The number of benzene rings is 9. The predicted molar refractivity (Wildman–Crippen MR) is 210 cm³/mol. The van der Waals surface area contributed by atoms with Crippen LogP contribution in [0.5, 0.6) is 0 Å². The molecule has 50 heavy (non-hydrogen) atoms. The number of oxazole rings is 1. The van der Waals surface area contributed by atoms with Crippen LogP contribution in [0.1, 0.15) is 0 Å². The third-order valence-electron chi connectivity index (χ3n) is 9.85. The van der Waals surface area contributed by atoms with E-state index < -0.39 is 0 Å². The van der Waals surface area contributed by atoms with Gasteiger partial charge in [-0.25, -0.2) is 4.98 Å². The number of anilines is 3. The summed E-state index contributed by atoms with van der Waals surface area (Å²) in [5, 5.41) is 9.94. The van der Waals surface area contributed by atoms with Gasteiger partial charge in [-0.3, -0.25) is 0 Å². The first-order valence-corrected chi connectivity index (χ1v) is 17.0. The van der Waals surface area contributed by atoms with Crippen LogP contribution in [0.15, 0.2) is 186 Å². The summed E-state index contributed by atoms with van der Waals surface area (Å²) in [6.07, 6.45) is 0. The Bertz CT molecular complexity index is 2870. The molecule has 0 aliphatic rings. The molecule has 234 valence electrons. The first-order chi connectivity index (χ1) is 24.8. The van der Waals surface area contributed by atoms with Crippen LogP contribution in [0.4, 0.5) is 17.1 Å². The van der Waals surface area contributed by atoms with Gasteiger partial charge in [-0.2, -0.15) is 0 Å². The van der Waals surface area contributed by atoms with Gasteiger partial charge in [0, 0.05) is 28.2 Å². The highest BCUT2D eigenvalue weighted by molar-refractivity contribution is 6.17. The SMILES string of the molecule is c1ccc(-c2nc3cccc(-c4ccc(N(c5ccc6ccccc6c5)c5ccc6ccc7c8ccccc8ccc7c6c5)cc4)c3o2)cc1.